The van der Waals surface area contributed by atoms with Crippen LogP contribution in [0.5, 0.6) is 0 Å². The summed E-state index contributed by atoms with van der Waals surface area (Å²) in [6.45, 7) is 16.9. The van der Waals surface area contributed by atoms with Gasteiger partial charge in [0.2, 0.25) is 0 Å². The molecule has 0 radical (unpaired) electrons. The van der Waals surface area contributed by atoms with Crippen molar-refractivity contribution in [3.8, 4) is 0 Å². The first-order valence-electron chi connectivity index (χ1n) is 9.84. The van der Waals surface area contributed by atoms with Crippen LogP contribution in [0.15, 0.2) is 0 Å². The lowest BCUT2D eigenvalue weighted by atomic mass is 10.2. The molecule has 0 aromatic carbocycles. The maximum absolute atomic E-state index is 5.47. The molecule has 0 spiro atoms. The van der Waals surface area contributed by atoms with Crippen LogP contribution in [0.2, 0.25) is 0 Å². The van der Waals surface area contributed by atoms with Crippen molar-refractivity contribution in [3.05, 3.63) is 0 Å². The van der Waals surface area contributed by atoms with Gasteiger partial charge < -0.3 is 33.7 Å². The summed E-state index contributed by atoms with van der Waals surface area (Å²) in [6, 6.07) is 0. The van der Waals surface area contributed by atoms with E-state index in [0.29, 0.717) is 72.0 Å². The molecule has 0 aromatic heterocycles. The molecule has 0 aliphatic rings. The van der Waals surface area contributed by atoms with E-state index in [9.17, 15) is 0 Å². The van der Waals surface area contributed by atoms with E-state index in [2.05, 4.69) is 19.2 Å². The van der Waals surface area contributed by atoms with E-state index in [0.717, 1.165) is 19.7 Å². The quantitative estimate of drug-likeness (QED) is 0.305. The monoisotopic (exact) mass is 379 g/mol. The summed E-state index contributed by atoms with van der Waals surface area (Å²) in [5.74, 6) is 0.673. The topological polar surface area (TPSA) is 67.4 Å². The van der Waals surface area contributed by atoms with Crippen LogP contribution in [0.25, 0.3) is 0 Å². The van der Waals surface area contributed by atoms with Gasteiger partial charge in [-0.05, 0) is 26.3 Å². The fourth-order valence-electron chi connectivity index (χ4n) is 1.86. The van der Waals surface area contributed by atoms with Crippen molar-refractivity contribution in [2.24, 2.45) is 5.92 Å². The lowest BCUT2D eigenvalue weighted by molar-refractivity contribution is -0.0211. The molecular formula is C19H41NO6. The maximum Gasteiger partial charge on any atom is 0.0703 e. The van der Waals surface area contributed by atoms with E-state index in [1.165, 1.54) is 0 Å². The van der Waals surface area contributed by atoms with Crippen molar-refractivity contribution in [3.63, 3.8) is 0 Å². The Labute approximate surface area is 160 Å². The highest BCUT2D eigenvalue weighted by molar-refractivity contribution is 4.49. The fraction of sp³-hybridized carbons (Fsp3) is 1.00. The van der Waals surface area contributed by atoms with Crippen LogP contribution < -0.4 is 5.32 Å². The number of hydrogen-bond donors (Lipinski definition) is 1. The second-order valence-electron chi connectivity index (χ2n) is 6.58. The highest BCUT2D eigenvalue weighted by atomic mass is 16.6. The fourth-order valence-corrected chi connectivity index (χ4v) is 1.86. The summed E-state index contributed by atoms with van der Waals surface area (Å²) in [5, 5.41) is 3.33. The number of nitrogens with one attached hydrogen (secondary N) is 1. The van der Waals surface area contributed by atoms with Crippen LogP contribution in [-0.4, -0.2) is 91.9 Å². The zero-order chi connectivity index (χ0) is 19.3. The summed E-state index contributed by atoms with van der Waals surface area (Å²) in [6.07, 6.45) is 0.250. The van der Waals surface area contributed by atoms with E-state index in [-0.39, 0.29) is 6.10 Å². The van der Waals surface area contributed by atoms with Gasteiger partial charge in [-0.1, -0.05) is 13.8 Å². The molecule has 0 fully saturated rings. The Morgan fingerprint density at radius 2 is 0.923 bits per heavy atom. The molecule has 0 saturated heterocycles. The third kappa shape index (κ3) is 23.7. The Bertz CT molecular complexity index is 240. The van der Waals surface area contributed by atoms with Gasteiger partial charge in [-0.25, -0.2) is 0 Å². The van der Waals surface area contributed by atoms with Gasteiger partial charge in [0.1, 0.15) is 0 Å². The highest BCUT2D eigenvalue weighted by Crippen LogP contribution is 1.88. The van der Waals surface area contributed by atoms with E-state index in [4.69, 9.17) is 28.4 Å². The Kier molecular flexibility index (Phi) is 20.8. The molecule has 0 aliphatic carbocycles. The standard InChI is InChI=1S/C19H41NO6/c1-18(2)17-20-5-6-21-7-8-22-9-10-23-11-12-24-13-14-25-15-16-26-19(3)4/h18-20H,5-17H2,1-4H3. The lowest BCUT2D eigenvalue weighted by Crippen LogP contribution is -2.24. The minimum absolute atomic E-state index is 0.250. The molecule has 7 nitrogen and oxygen atoms in total. The van der Waals surface area contributed by atoms with Crippen molar-refractivity contribution in [2.45, 2.75) is 33.8 Å². The van der Waals surface area contributed by atoms with E-state index in [1.54, 1.807) is 0 Å². The molecule has 0 atom stereocenters. The molecule has 0 heterocycles. The van der Waals surface area contributed by atoms with Crippen LogP contribution >= 0.6 is 0 Å². The summed E-state index contributed by atoms with van der Waals surface area (Å²) < 4.78 is 32.5. The van der Waals surface area contributed by atoms with Gasteiger partial charge in [0.25, 0.3) is 0 Å². The molecule has 0 bridgehead atoms. The lowest BCUT2D eigenvalue weighted by Gasteiger charge is -2.09. The molecular weight excluding hydrogens is 338 g/mol. The number of hydrogen-bond acceptors (Lipinski definition) is 7. The normalized spacial score (nSPS) is 11.8. The first-order valence-corrected chi connectivity index (χ1v) is 9.84. The van der Waals surface area contributed by atoms with Crippen molar-refractivity contribution in [1.82, 2.24) is 5.32 Å². The van der Waals surface area contributed by atoms with Gasteiger partial charge >= 0.3 is 0 Å². The third-order valence-electron chi connectivity index (χ3n) is 3.14. The Balaban J connectivity index is 2.99. The highest BCUT2D eigenvalue weighted by Gasteiger charge is 1.95. The van der Waals surface area contributed by atoms with Crippen molar-refractivity contribution in [1.29, 1.82) is 0 Å². The van der Waals surface area contributed by atoms with E-state index in [1.807, 2.05) is 13.8 Å². The second kappa shape index (κ2) is 21.0. The Morgan fingerprint density at radius 1 is 0.538 bits per heavy atom. The van der Waals surface area contributed by atoms with Crippen LogP contribution in [0.3, 0.4) is 0 Å². The average Bonchev–Trinajstić information content (AvgIpc) is 2.59. The summed E-state index contributed by atoms with van der Waals surface area (Å²) in [5.41, 5.74) is 0. The summed E-state index contributed by atoms with van der Waals surface area (Å²) in [7, 11) is 0. The molecule has 0 rings (SSSR count). The van der Waals surface area contributed by atoms with E-state index >= 15 is 0 Å². The largest absolute Gasteiger partial charge is 0.378 e. The van der Waals surface area contributed by atoms with Crippen LogP contribution in [0.1, 0.15) is 27.7 Å². The second-order valence-corrected chi connectivity index (χ2v) is 6.58. The van der Waals surface area contributed by atoms with Crippen LogP contribution in [0.4, 0.5) is 0 Å². The molecule has 26 heavy (non-hydrogen) atoms. The molecule has 1 N–H and O–H groups in total. The zero-order valence-corrected chi connectivity index (χ0v) is 17.3. The summed E-state index contributed by atoms with van der Waals surface area (Å²) in [4.78, 5) is 0. The molecule has 0 saturated carbocycles. The summed E-state index contributed by atoms with van der Waals surface area (Å²) >= 11 is 0. The van der Waals surface area contributed by atoms with Gasteiger partial charge in [-0.3, -0.25) is 0 Å². The number of ether oxygens (including phenoxy) is 6. The first-order chi connectivity index (χ1) is 12.6. The molecule has 0 aliphatic heterocycles. The molecule has 0 amide bonds. The predicted octanol–water partition coefficient (Wildman–Crippen LogP) is 1.74. The van der Waals surface area contributed by atoms with Gasteiger partial charge in [0, 0.05) is 6.54 Å². The van der Waals surface area contributed by atoms with Crippen LogP contribution in [-0.2, 0) is 28.4 Å². The Morgan fingerprint density at radius 3 is 1.31 bits per heavy atom. The predicted molar refractivity (Wildman–Crippen MR) is 103 cm³/mol. The van der Waals surface area contributed by atoms with Gasteiger partial charge in [0.05, 0.1) is 78.8 Å². The van der Waals surface area contributed by atoms with Gasteiger partial charge in [0.15, 0.2) is 0 Å². The van der Waals surface area contributed by atoms with E-state index < -0.39 is 0 Å². The van der Waals surface area contributed by atoms with Crippen molar-refractivity contribution in [2.75, 3.05) is 85.8 Å². The molecule has 158 valence electrons. The van der Waals surface area contributed by atoms with Crippen LogP contribution in [0, 0.1) is 5.92 Å². The molecule has 0 aromatic rings. The Hall–Kier alpha value is -0.280. The third-order valence-corrected chi connectivity index (χ3v) is 3.14. The SMILES string of the molecule is CC(C)CNCCOCCOCCOCCOCCOCCOC(C)C. The minimum atomic E-state index is 0.250. The smallest absolute Gasteiger partial charge is 0.0703 e. The first kappa shape index (κ1) is 25.7. The van der Waals surface area contributed by atoms with Gasteiger partial charge in [-0.15, -0.1) is 0 Å². The molecule has 7 heteroatoms. The van der Waals surface area contributed by atoms with Crippen molar-refractivity contribution >= 4 is 0 Å². The van der Waals surface area contributed by atoms with Crippen molar-refractivity contribution < 1.29 is 28.4 Å². The van der Waals surface area contributed by atoms with Gasteiger partial charge in [-0.2, -0.15) is 0 Å². The molecule has 0 unspecified atom stereocenters. The minimum Gasteiger partial charge on any atom is -0.378 e. The maximum atomic E-state index is 5.47. The zero-order valence-electron chi connectivity index (χ0n) is 17.3. The number of rotatable bonds is 21. The average molecular weight is 380 g/mol.